The van der Waals surface area contributed by atoms with Gasteiger partial charge >= 0.3 is 0 Å². The molecular weight excluding hydrogens is 312 g/mol. The van der Waals surface area contributed by atoms with Crippen LogP contribution in [-0.2, 0) is 14.3 Å². The smallest absolute Gasteiger partial charge is 0.242 e. The summed E-state index contributed by atoms with van der Waals surface area (Å²) in [7, 11) is 0. The highest BCUT2D eigenvalue weighted by molar-refractivity contribution is 8.00. The Balaban J connectivity index is 1.74. The van der Waals surface area contributed by atoms with Gasteiger partial charge in [0.15, 0.2) is 0 Å². The Morgan fingerprint density at radius 2 is 2.04 bits per heavy atom. The lowest BCUT2D eigenvalue weighted by Gasteiger charge is -2.44. The fraction of sp³-hybridized carbons (Fsp3) is 0.529. The molecule has 0 spiro atoms. The zero-order chi connectivity index (χ0) is 16.4. The normalized spacial score (nSPS) is 28.3. The highest BCUT2D eigenvalue weighted by Gasteiger charge is 2.38. The van der Waals surface area contributed by atoms with Crippen molar-refractivity contribution in [1.82, 2.24) is 9.80 Å². The average molecular weight is 334 g/mol. The zero-order valence-corrected chi connectivity index (χ0v) is 14.3. The number of carbonyl (C=O) groups is 2. The number of carbonyl (C=O) groups excluding carboxylic acids is 2. The number of hydrogen-bond donors (Lipinski definition) is 0. The lowest BCUT2D eigenvalue weighted by molar-refractivity contribution is -0.155. The van der Waals surface area contributed by atoms with Crippen molar-refractivity contribution in [2.45, 2.75) is 32.0 Å². The van der Waals surface area contributed by atoms with Crippen LogP contribution >= 0.6 is 11.8 Å². The molecule has 1 aromatic carbocycles. The molecule has 2 fully saturated rings. The Kier molecular flexibility index (Phi) is 4.92. The van der Waals surface area contributed by atoms with Crippen LogP contribution in [0.3, 0.4) is 0 Å². The first kappa shape index (κ1) is 16.3. The van der Waals surface area contributed by atoms with Gasteiger partial charge in [-0.2, -0.15) is 0 Å². The summed E-state index contributed by atoms with van der Waals surface area (Å²) in [6, 6.07) is 9.95. The quantitative estimate of drug-likeness (QED) is 0.847. The van der Waals surface area contributed by atoms with Gasteiger partial charge in [-0.3, -0.25) is 9.59 Å². The van der Waals surface area contributed by atoms with Crippen molar-refractivity contribution >= 4 is 23.6 Å². The molecule has 3 rings (SSSR count). The van der Waals surface area contributed by atoms with Crippen molar-refractivity contribution in [2.75, 3.05) is 24.8 Å². The molecule has 124 valence electrons. The van der Waals surface area contributed by atoms with Gasteiger partial charge in [-0.1, -0.05) is 30.3 Å². The maximum Gasteiger partial charge on any atom is 0.242 e. The highest BCUT2D eigenvalue weighted by Crippen LogP contribution is 2.31. The molecule has 0 aromatic heterocycles. The minimum absolute atomic E-state index is 0.00470. The van der Waals surface area contributed by atoms with Crippen LogP contribution in [0.25, 0.3) is 0 Å². The van der Waals surface area contributed by atoms with E-state index in [-0.39, 0.29) is 36.5 Å². The van der Waals surface area contributed by atoms with E-state index in [2.05, 4.69) is 0 Å². The van der Waals surface area contributed by atoms with Crippen LogP contribution in [0.5, 0.6) is 0 Å². The molecule has 5 nitrogen and oxygen atoms in total. The number of amides is 2. The molecule has 2 aliphatic rings. The Morgan fingerprint density at radius 1 is 1.30 bits per heavy atom. The Hall–Kier alpha value is -1.53. The van der Waals surface area contributed by atoms with E-state index in [4.69, 9.17) is 4.74 Å². The number of thioether (sulfide) groups is 1. The van der Waals surface area contributed by atoms with E-state index in [0.717, 1.165) is 5.56 Å². The molecule has 2 aliphatic heterocycles. The summed E-state index contributed by atoms with van der Waals surface area (Å²) in [5, 5.41) is 0. The van der Waals surface area contributed by atoms with E-state index in [1.54, 1.807) is 16.7 Å². The fourth-order valence-electron chi connectivity index (χ4n) is 3.29. The lowest BCUT2D eigenvalue weighted by atomic mass is 9.98. The first-order valence-corrected chi connectivity index (χ1v) is 9.06. The van der Waals surface area contributed by atoms with Gasteiger partial charge in [0.05, 0.1) is 30.3 Å². The number of morpholine rings is 1. The van der Waals surface area contributed by atoms with Gasteiger partial charge in [0.2, 0.25) is 11.8 Å². The molecule has 2 heterocycles. The molecule has 0 radical (unpaired) electrons. The maximum atomic E-state index is 12.8. The second kappa shape index (κ2) is 6.93. The van der Waals surface area contributed by atoms with Gasteiger partial charge in [-0.15, -0.1) is 11.8 Å². The molecule has 0 saturated carbocycles. The predicted molar refractivity (Wildman–Crippen MR) is 89.9 cm³/mol. The molecule has 0 bridgehead atoms. The molecule has 2 saturated heterocycles. The predicted octanol–water partition coefficient (Wildman–Crippen LogP) is 1.90. The van der Waals surface area contributed by atoms with E-state index < -0.39 is 0 Å². The van der Waals surface area contributed by atoms with Crippen molar-refractivity contribution < 1.29 is 14.3 Å². The average Bonchev–Trinajstić information content (AvgIpc) is 2.93. The van der Waals surface area contributed by atoms with E-state index in [9.17, 15) is 9.59 Å². The standard InChI is InChI=1S/C17H22N2O3S/c1-12-9-22-17(14-6-4-3-5-7-14)13(2)19(12)15(20)8-18-11-23-10-16(18)21/h3-7,12-13,17H,8-11H2,1-2H3/t12-,13-,17+/m1/s1. The van der Waals surface area contributed by atoms with Crippen molar-refractivity contribution in [2.24, 2.45) is 0 Å². The summed E-state index contributed by atoms with van der Waals surface area (Å²) >= 11 is 1.56. The lowest BCUT2D eigenvalue weighted by Crippen LogP contribution is -2.56. The highest BCUT2D eigenvalue weighted by atomic mass is 32.2. The van der Waals surface area contributed by atoms with Crippen LogP contribution in [0, 0.1) is 0 Å². The number of nitrogens with zero attached hydrogens (tertiary/aromatic N) is 2. The number of hydrogen-bond acceptors (Lipinski definition) is 4. The van der Waals surface area contributed by atoms with Gasteiger partial charge in [-0.05, 0) is 19.4 Å². The van der Waals surface area contributed by atoms with Crippen LogP contribution in [0.4, 0.5) is 0 Å². The monoisotopic (exact) mass is 334 g/mol. The van der Waals surface area contributed by atoms with Crippen LogP contribution in [0.1, 0.15) is 25.5 Å². The van der Waals surface area contributed by atoms with Crippen molar-refractivity contribution in [3.05, 3.63) is 35.9 Å². The van der Waals surface area contributed by atoms with Crippen LogP contribution < -0.4 is 0 Å². The van der Waals surface area contributed by atoms with Gasteiger partial charge in [0.25, 0.3) is 0 Å². The number of rotatable bonds is 3. The third-order valence-corrected chi connectivity index (χ3v) is 5.38. The van der Waals surface area contributed by atoms with Crippen LogP contribution in [0.15, 0.2) is 30.3 Å². The molecule has 0 unspecified atom stereocenters. The second-order valence-corrected chi connectivity index (χ2v) is 7.08. The summed E-state index contributed by atoms with van der Waals surface area (Å²) < 4.78 is 5.98. The van der Waals surface area contributed by atoms with Crippen LogP contribution in [0.2, 0.25) is 0 Å². The second-order valence-electron chi connectivity index (χ2n) is 6.12. The molecule has 6 heteroatoms. The van der Waals surface area contributed by atoms with Gasteiger partial charge in [0, 0.05) is 0 Å². The SMILES string of the molecule is C[C@@H]1CO[C@H](c2ccccc2)[C@@H](C)N1C(=O)CN1CSCC1=O. The van der Waals surface area contributed by atoms with E-state index >= 15 is 0 Å². The topological polar surface area (TPSA) is 49.9 Å². The summed E-state index contributed by atoms with van der Waals surface area (Å²) in [5.74, 6) is 1.15. The van der Waals surface area contributed by atoms with Gasteiger partial charge < -0.3 is 14.5 Å². The number of benzene rings is 1. The van der Waals surface area contributed by atoms with Crippen molar-refractivity contribution in [1.29, 1.82) is 0 Å². The minimum Gasteiger partial charge on any atom is -0.369 e. The van der Waals surface area contributed by atoms with E-state index in [1.165, 1.54) is 0 Å². The molecule has 2 amide bonds. The largest absolute Gasteiger partial charge is 0.369 e. The Labute approximate surface area is 141 Å². The van der Waals surface area contributed by atoms with Gasteiger partial charge in [0.1, 0.15) is 12.6 Å². The molecule has 3 atom stereocenters. The first-order chi connectivity index (χ1) is 11.1. The first-order valence-electron chi connectivity index (χ1n) is 7.91. The van der Waals surface area contributed by atoms with Gasteiger partial charge in [-0.25, -0.2) is 0 Å². The Morgan fingerprint density at radius 3 is 2.70 bits per heavy atom. The number of ether oxygens (including phenoxy) is 1. The summed E-state index contributed by atoms with van der Waals surface area (Å²) in [6.07, 6.45) is -0.125. The third kappa shape index (κ3) is 3.38. The fourth-order valence-corrected chi connectivity index (χ4v) is 4.19. The summed E-state index contributed by atoms with van der Waals surface area (Å²) in [6.45, 7) is 4.70. The van der Waals surface area contributed by atoms with Crippen molar-refractivity contribution in [3.63, 3.8) is 0 Å². The van der Waals surface area contributed by atoms with E-state index in [0.29, 0.717) is 18.2 Å². The Bertz CT molecular complexity index is 580. The molecule has 1 aromatic rings. The van der Waals surface area contributed by atoms with E-state index in [1.807, 2.05) is 49.1 Å². The molecular formula is C17H22N2O3S. The summed E-state index contributed by atoms with van der Waals surface area (Å²) in [5.41, 5.74) is 1.08. The molecule has 0 aliphatic carbocycles. The molecule has 0 N–H and O–H groups in total. The van der Waals surface area contributed by atoms with Crippen LogP contribution in [-0.4, -0.2) is 58.5 Å². The third-order valence-electron chi connectivity index (χ3n) is 4.44. The van der Waals surface area contributed by atoms with Crippen molar-refractivity contribution in [3.8, 4) is 0 Å². The molecule has 23 heavy (non-hydrogen) atoms. The maximum absolute atomic E-state index is 12.8. The zero-order valence-electron chi connectivity index (χ0n) is 13.5. The summed E-state index contributed by atoms with van der Waals surface area (Å²) in [4.78, 5) is 28.0. The minimum atomic E-state index is -0.125.